The van der Waals surface area contributed by atoms with Gasteiger partial charge in [-0.05, 0) is 63.3 Å². The molecule has 1 aliphatic carbocycles. The van der Waals surface area contributed by atoms with Crippen molar-refractivity contribution in [3.63, 3.8) is 0 Å². The average molecular weight is 397 g/mol. The van der Waals surface area contributed by atoms with Crippen LogP contribution in [0.3, 0.4) is 0 Å². The highest BCUT2D eigenvalue weighted by atomic mass is 16.5. The van der Waals surface area contributed by atoms with E-state index in [1.807, 2.05) is 13.8 Å². The fourth-order valence-electron chi connectivity index (χ4n) is 4.46. The van der Waals surface area contributed by atoms with E-state index in [-0.39, 0.29) is 18.0 Å². The fraction of sp³-hybridized carbons (Fsp3) is 0.565. The first-order chi connectivity index (χ1) is 14.0. The smallest absolute Gasteiger partial charge is 0.269 e. The summed E-state index contributed by atoms with van der Waals surface area (Å²) in [6, 6.07) is 10.8. The Morgan fingerprint density at radius 3 is 2.48 bits per heavy atom. The Balaban J connectivity index is 1.29. The third-order valence-electron chi connectivity index (χ3n) is 6.40. The van der Waals surface area contributed by atoms with Gasteiger partial charge in [0.15, 0.2) is 0 Å². The minimum absolute atomic E-state index is 0.00783. The number of hydrogen-bond donors (Lipinski definition) is 1. The van der Waals surface area contributed by atoms with Gasteiger partial charge in [0.05, 0.1) is 7.11 Å². The normalized spacial score (nSPS) is 19.3. The van der Waals surface area contributed by atoms with E-state index >= 15 is 0 Å². The van der Waals surface area contributed by atoms with Gasteiger partial charge in [0.2, 0.25) is 0 Å². The second kappa shape index (κ2) is 8.19. The van der Waals surface area contributed by atoms with Crippen LogP contribution in [0.5, 0.6) is 5.75 Å². The van der Waals surface area contributed by atoms with Gasteiger partial charge in [0.25, 0.3) is 5.91 Å². The summed E-state index contributed by atoms with van der Waals surface area (Å²) in [5, 5.41) is 7.49. The Labute approximate surface area is 173 Å². The van der Waals surface area contributed by atoms with Gasteiger partial charge in [-0.25, -0.2) is 0 Å². The number of carbonyl (C=O) groups excluding carboxylic acids is 1. The third-order valence-corrected chi connectivity index (χ3v) is 6.40. The number of methoxy groups -OCH3 is 1. The largest absolute Gasteiger partial charge is 0.497 e. The molecule has 2 fully saturated rings. The number of piperidine rings is 1. The summed E-state index contributed by atoms with van der Waals surface area (Å²) in [7, 11) is 1.71. The van der Waals surface area contributed by atoms with E-state index in [0.29, 0.717) is 11.1 Å². The summed E-state index contributed by atoms with van der Waals surface area (Å²) in [6.07, 6.45) is 6.22. The molecular weight excluding hydrogens is 364 g/mol. The number of carbonyl (C=O) groups is 1. The Hall–Kier alpha value is -2.34. The molecule has 1 aliphatic heterocycles. The lowest BCUT2D eigenvalue weighted by atomic mass is 9.93. The van der Waals surface area contributed by atoms with Crippen LogP contribution in [0, 0.1) is 0 Å². The van der Waals surface area contributed by atoms with Gasteiger partial charge in [-0.1, -0.05) is 12.1 Å². The molecule has 1 N–H and O–H groups in total. The number of amides is 1. The lowest BCUT2D eigenvalue weighted by molar-refractivity contribution is 0.0895. The van der Waals surface area contributed by atoms with Crippen LogP contribution in [-0.2, 0) is 5.41 Å². The van der Waals surface area contributed by atoms with E-state index in [4.69, 9.17) is 4.74 Å². The van der Waals surface area contributed by atoms with E-state index in [2.05, 4.69) is 39.6 Å². The summed E-state index contributed by atoms with van der Waals surface area (Å²) in [5.41, 5.74) is 2.39. The number of ether oxygens (including phenoxy) is 1. The maximum atomic E-state index is 12.7. The van der Waals surface area contributed by atoms with E-state index in [0.717, 1.165) is 38.2 Å². The number of aromatic nitrogens is 2. The number of nitrogens with zero attached hydrogens (tertiary/aromatic N) is 3. The molecule has 0 atom stereocenters. The second-order valence-corrected chi connectivity index (χ2v) is 8.79. The molecule has 2 aliphatic rings. The monoisotopic (exact) mass is 396 g/mol. The van der Waals surface area contributed by atoms with E-state index in [9.17, 15) is 4.79 Å². The van der Waals surface area contributed by atoms with Crippen molar-refractivity contribution in [3.05, 3.63) is 47.8 Å². The van der Waals surface area contributed by atoms with Gasteiger partial charge in [-0.15, -0.1) is 0 Å². The molecule has 1 saturated heterocycles. The number of benzene rings is 1. The molecule has 0 unspecified atom stereocenters. The van der Waals surface area contributed by atoms with Crippen LogP contribution in [-0.4, -0.2) is 53.4 Å². The highest BCUT2D eigenvalue weighted by Gasteiger charge is 2.45. The molecule has 2 heterocycles. The first kappa shape index (κ1) is 20.0. The molecule has 6 nitrogen and oxygen atoms in total. The molecule has 1 aromatic heterocycles. The summed E-state index contributed by atoms with van der Waals surface area (Å²) < 4.78 is 7.08. The van der Waals surface area contributed by atoms with Crippen molar-refractivity contribution in [1.29, 1.82) is 0 Å². The molecule has 1 saturated carbocycles. The van der Waals surface area contributed by atoms with E-state index in [1.165, 1.54) is 18.4 Å². The summed E-state index contributed by atoms with van der Waals surface area (Å²) >= 11 is 0. The Morgan fingerprint density at radius 1 is 1.21 bits per heavy atom. The molecule has 1 amide bonds. The van der Waals surface area contributed by atoms with Crippen LogP contribution < -0.4 is 10.1 Å². The zero-order chi connectivity index (χ0) is 20.4. The Bertz CT molecular complexity index is 831. The highest BCUT2D eigenvalue weighted by molar-refractivity contribution is 5.92. The molecule has 2 aromatic rings. The molecule has 0 bridgehead atoms. The zero-order valence-corrected chi connectivity index (χ0v) is 17.7. The van der Waals surface area contributed by atoms with Crippen LogP contribution in [0.25, 0.3) is 0 Å². The van der Waals surface area contributed by atoms with Crippen LogP contribution >= 0.6 is 0 Å². The highest BCUT2D eigenvalue weighted by Crippen LogP contribution is 2.49. The molecule has 0 radical (unpaired) electrons. The van der Waals surface area contributed by atoms with Crippen molar-refractivity contribution in [1.82, 2.24) is 20.0 Å². The van der Waals surface area contributed by atoms with Crippen molar-refractivity contribution in [2.24, 2.45) is 0 Å². The summed E-state index contributed by atoms with van der Waals surface area (Å²) in [5.74, 6) is 0.909. The quantitative estimate of drug-likeness (QED) is 0.779. The fourth-order valence-corrected chi connectivity index (χ4v) is 4.46. The summed E-state index contributed by atoms with van der Waals surface area (Å²) in [6.45, 7) is 7.26. The Kier molecular flexibility index (Phi) is 5.63. The van der Waals surface area contributed by atoms with Gasteiger partial charge in [-0.3, -0.25) is 9.48 Å². The average Bonchev–Trinajstić information content (AvgIpc) is 3.33. The predicted octanol–water partition coefficient (Wildman–Crippen LogP) is 3.40. The molecule has 1 aromatic carbocycles. The standard InChI is InChI=1S/C23H32N4O2/c1-17(2)27-21(8-13-24-27)22(28)25-19-9-14-26(15-10-19)16-23(11-12-23)18-4-6-20(29-3)7-5-18/h4-8,13,17,19H,9-12,14-16H2,1-3H3,(H,25,28). The third kappa shape index (κ3) is 4.32. The van der Waals surface area contributed by atoms with Crippen LogP contribution in [0.15, 0.2) is 36.5 Å². The van der Waals surface area contributed by atoms with Gasteiger partial charge in [-0.2, -0.15) is 5.10 Å². The maximum absolute atomic E-state index is 12.7. The molecule has 29 heavy (non-hydrogen) atoms. The topological polar surface area (TPSA) is 59.4 Å². The lowest BCUT2D eigenvalue weighted by Crippen LogP contribution is -2.46. The first-order valence-electron chi connectivity index (χ1n) is 10.7. The predicted molar refractivity (Wildman–Crippen MR) is 113 cm³/mol. The van der Waals surface area contributed by atoms with Gasteiger partial charge in [0, 0.05) is 43.3 Å². The SMILES string of the molecule is COc1ccc(C2(CN3CCC(NC(=O)c4ccnn4C(C)C)CC3)CC2)cc1. The van der Waals surface area contributed by atoms with E-state index < -0.39 is 0 Å². The van der Waals surface area contributed by atoms with E-state index in [1.54, 1.807) is 24.1 Å². The minimum Gasteiger partial charge on any atom is -0.497 e. The molecule has 4 rings (SSSR count). The Morgan fingerprint density at radius 2 is 1.90 bits per heavy atom. The lowest BCUT2D eigenvalue weighted by Gasteiger charge is -2.35. The number of hydrogen-bond acceptors (Lipinski definition) is 4. The molecule has 0 spiro atoms. The summed E-state index contributed by atoms with van der Waals surface area (Å²) in [4.78, 5) is 15.2. The van der Waals surface area contributed by atoms with Crippen LogP contribution in [0.4, 0.5) is 0 Å². The van der Waals surface area contributed by atoms with Crippen molar-refractivity contribution in [3.8, 4) is 5.75 Å². The van der Waals surface area contributed by atoms with Gasteiger partial charge >= 0.3 is 0 Å². The maximum Gasteiger partial charge on any atom is 0.269 e. The van der Waals surface area contributed by atoms with Crippen LogP contribution in [0.2, 0.25) is 0 Å². The van der Waals surface area contributed by atoms with Crippen molar-refractivity contribution in [2.45, 2.75) is 57.0 Å². The second-order valence-electron chi connectivity index (χ2n) is 8.79. The zero-order valence-electron chi connectivity index (χ0n) is 17.7. The molecular formula is C23H32N4O2. The number of nitrogens with one attached hydrogen (secondary N) is 1. The van der Waals surface area contributed by atoms with Crippen molar-refractivity contribution < 1.29 is 9.53 Å². The van der Waals surface area contributed by atoms with Crippen LogP contribution in [0.1, 0.15) is 61.6 Å². The molecule has 156 valence electrons. The minimum atomic E-state index is -0.00783. The van der Waals surface area contributed by atoms with Crippen molar-refractivity contribution >= 4 is 5.91 Å². The van der Waals surface area contributed by atoms with Gasteiger partial charge < -0.3 is 15.0 Å². The van der Waals surface area contributed by atoms with Crippen molar-refractivity contribution in [2.75, 3.05) is 26.7 Å². The first-order valence-corrected chi connectivity index (χ1v) is 10.7. The number of likely N-dealkylation sites (tertiary alicyclic amines) is 1. The van der Waals surface area contributed by atoms with Gasteiger partial charge in [0.1, 0.15) is 11.4 Å². The molecule has 6 heteroatoms. The number of rotatable bonds is 7.